The maximum Gasteiger partial charge on any atom is 0.390 e. The molecule has 0 amide bonds. The van der Waals surface area contributed by atoms with Crippen LogP contribution in [-0.4, -0.2) is 11.2 Å². The molecule has 0 atom stereocenters. The fraction of sp³-hybridized carbons (Fsp3) is 0. The number of thiol groups is 1. The molecule has 0 saturated heterocycles. The number of hydrogen-bond acceptors (Lipinski definition) is 2. The molecule has 0 aliphatic carbocycles. The summed E-state index contributed by atoms with van der Waals surface area (Å²) < 4.78 is 0. The lowest BCUT2D eigenvalue weighted by molar-refractivity contribution is 0.609. The van der Waals surface area contributed by atoms with Gasteiger partial charge in [-0.25, -0.2) is 0 Å². The standard InChI is InChI=1S/C6H6BClOS/c8-6-3-1-5(2-4-6)7(9)10/h1-4,9-10H. The number of rotatable bonds is 1. The highest BCUT2D eigenvalue weighted by Gasteiger charge is 2.05. The van der Waals surface area contributed by atoms with Crippen LogP contribution in [0, 0.1) is 0 Å². The van der Waals surface area contributed by atoms with Crippen molar-refractivity contribution in [2.24, 2.45) is 0 Å². The molecule has 0 unspecified atom stereocenters. The van der Waals surface area contributed by atoms with Gasteiger partial charge in [-0.15, -0.1) is 0 Å². The van der Waals surface area contributed by atoms with Gasteiger partial charge in [0, 0.05) is 5.02 Å². The summed E-state index contributed by atoms with van der Waals surface area (Å²) in [7, 11) is 0. The second-order valence-electron chi connectivity index (χ2n) is 1.93. The average Bonchev–Trinajstić information content (AvgIpc) is 1.88. The molecule has 0 aliphatic rings. The Kier molecular flexibility index (Phi) is 2.66. The van der Waals surface area contributed by atoms with Crippen LogP contribution in [-0.2, 0) is 0 Å². The second kappa shape index (κ2) is 3.33. The van der Waals surface area contributed by atoms with Gasteiger partial charge in [-0.05, 0) is 17.6 Å². The number of benzene rings is 1. The first-order chi connectivity index (χ1) is 4.70. The van der Waals surface area contributed by atoms with Crippen molar-refractivity contribution in [3.63, 3.8) is 0 Å². The van der Waals surface area contributed by atoms with Crippen molar-refractivity contribution in [1.82, 2.24) is 0 Å². The molecular formula is C6H6BClOS. The molecule has 10 heavy (non-hydrogen) atoms. The van der Waals surface area contributed by atoms with Gasteiger partial charge in [-0.2, -0.15) is 12.5 Å². The van der Waals surface area contributed by atoms with E-state index in [-0.39, 0.29) is 0 Å². The van der Waals surface area contributed by atoms with Crippen LogP contribution in [0.15, 0.2) is 24.3 Å². The minimum Gasteiger partial charge on any atom is -0.438 e. The van der Waals surface area contributed by atoms with Crippen molar-refractivity contribution in [3.05, 3.63) is 29.3 Å². The summed E-state index contributed by atoms with van der Waals surface area (Å²) in [5.74, 6) is 0. The summed E-state index contributed by atoms with van der Waals surface area (Å²) >= 11 is 9.44. The summed E-state index contributed by atoms with van der Waals surface area (Å²) in [6.07, 6.45) is -0.711. The molecule has 1 nitrogen and oxygen atoms in total. The smallest absolute Gasteiger partial charge is 0.390 e. The Bertz CT molecular complexity index is 211. The van der Waals surface area contributed by atoms with Crippen molar-refractivity contribution in [1.29, 1.82) is 0 Å². The zero-order valence-corrected chi connectivity index (χ0v) is 6.81. The maximum atomic E-state index is 8.94. The van der Waals surface area contributed by atoms with E-state index in [1.54, 1.807) is 24.3 Å². The van der Waals surface area contributed by atoms with E-state index in [2.05, 4.69) is 12.5 Å². The molecule has 0 heterocycles. The van der Waals surface area contributed by atoms with Gasteiger partial charge in [0.1, 0.15) is 0 Å². The first kappa shape index (κ1) is 7.99. The molecular weight excluding hydrogens is 166 g/mol. The molecule has 0 radical (unpaired) electrons. The second-order valence-corrected chi connectivity index (χ2v) is 2.85. The van der Waals surface area contributed by atoms with Crippen LogP contribution in [0.25, 0.3) is 0 Å². The van der Waals surface area contributed by atoms with Gasteiger partial charge in [-0.3, -0.25) is 0 Å². The van der Waals surface area contributed by atoms with Gasteiger partial charge in [0.25, 0.3) is 0 Å². The molecule has 4 heteroatoms. The lowest BCUT2D eigenvalue weighted by Gasteiger charge is -1.97. The summed E-state index contributed by atoms with van der Waals surface area (Å²) in [4.78, 5) is 0. The molecule has 52 valence electrons. The van der Waals surface area contributed by atoms with E-state index in [1.165, 1.54) is 0 Å². The number of hydrogen-bond donors (Lipinski definition) is 2. The highest BCUT2D eigenvalue weighted by atomic mass is 35.5. The highest BCUT2D eigenvalue weighted by Crippen LogP contribution is 2.04. The first-order valence-corrected chi connectivity index (χ1v) is 3.71. The zero-order valence-electron chi connectivity index (χ0n) is 5.16. The maximum absolute atomic E-state index is 8.94. The molecule has 1 aromatic carbocycles. The van der Waals surface area contributed by atoms with Crippen LogP contribution in [0.5, 0.6) is 0 Å². The Morgan fingerprint density at radius 2 is 1.80 bits per heavy atom. The van der Waals surface area contributed by atoms with Gasteiger partial charge >= 0.3 is 6.19 Å². The van der Waals surface area contributed by atoms with E-state index < -0.39 is 6.19 Å². The van der Waals surface area contributed by atoms with E-state index >= 15 is 0 Å². The SMILES string of the molecule is OB(S)c1ccc(Cl)cc1. The van der Waals surface area contributed by atoms with Crippen molar-refractivity contribution in [3.8, 4) is 0 Å². The number of halogens is 1. The van der Waals surface area contributed by atoms with Gasteiger partial charge < -0.3 is 5.02 Å². The fourth-order valence-corrected chi connectivity index (χ4v) is 0.933. The van der Waals surface area contributed by atoms with Crippen molar-refractivity contribution < 1.29 is 5.02 Å². The molecule has 0 fully saturated rings. The molecule has 0 aliphatic heterocycles. The third-order valence-corrected chi connectivity index (χ3v) is 1.72. The predicted octanol–water partition coefficient (Wildman–Crippen LogP) is 0.957. The minimum atomic E-state index is -0.711. The molecule has 1 rings (SSSR count). The summed E-state index contributed by atoms with van der Waals surface area (Å²) in [6.45, 7) is 0. The van der Waals surface area contributed by atoms with Gasteiger partial charge in [0.15, 0.2) is 0 Å². The molecule has 0 bridgehead atoms. The Balaban J connectivity index is 2.89. The van der Waals surface area contributed by atoms with Crippen molar-refractivity contribution in [2.75, 3.05) is 0 Å². The first-order valence-electron chi connectivity index (χ1n) is 2.82. The van der Waals surface area contributed by atoms with Gasteiger partial charge in [0.05, 0.1) is 0 Å². The summed E-state index contributed by atoms with van der Waals surface area (Å²) in [5.41, 5.74) is 0.757. The Morgan fingerprint density at radius 3 is 2.20 bits per heavy atom. The van der Waals surface area contributed by atoms with Crippen LogP contribution < -0.4 is 5.46 Å². The molecule has 0 aromatic heterocycles. The van der Waals surface area contributed by atoms with Crippen LogP contribution in [0.1, 0.15) is 0 Å². The highest BCUT2D eigenvalue weighted by molar-refractivity contribution is 8.10. The molecule has 1 aromatic rings. The van der Waals surface area contributed by atoms with Crippen LogP contribution in [0.4, 0.5) is 0 Å². The summed E-state index contributed by atoms with van der Waals surface area (Å²) in [6, 6.07) is 6.91. The van der Waals surface area contributed by atoms with E-state index in [4.69, 9.17) is 16.6 Å². The van der Waals surface area contributed by atoms with E-state index in [1.807, 2.05) is 0 Å². The summed E-state index contributed by atoms with van der Waals surface area (Å²) in [5, 5.41) is 9.60. The lowest BCUT2D eigenvalue weighted by atomic mass is 9.87. The van der Waals surface area contributed by atoms with Gasteiger partial charge in [-0.1, -0.05) is 23.7 Å². The molecule has 1 N–H and O–H groups in total. The Hall–Kier alpha value is -0.115. The fourth-order valence-electron chi connectivity index (χ4n) is 0.635. The topological polar surface area (TPSA) is 20.2 Å². The third-order valence-electron chi connectivity index (χ3n) is 1.17. The lowest BCUT2D eigenvalue weighted by Crippen LogP contribution is -2.23. The Morgan fingerprint density at radius 1 is 1.30 bits per heavy atom. The molecule has 0 saturated carbocycles. The predicted molar refractivity (Wildman–Crippen MR) is 48.0 cm³/mol. The quantitative estimate of drug-likeness (QED) is 0.478. The van der Waals surface area contributed by atoms with Crippen LogP contribution in [0.2, 0.25) is 5.02 Å². The van der Waals surface area contributed by atoms with Crippen molar-refractivity contribution >= 4 is 35.7 Å². The van der Waals surface area contributed by atoms with Crippen molar-refractivity contribution in [2.45, 2.75) is 0 Å². The molecule has 0 spiro atoms. The van der Waals surface area contributed by atoms with Gasteiger partial charge in [0.2, 0.25) is 0 Å². The van der Waals surface area contributed by atoms with Crippen LogP contribution >= 0.6 is 24.1 Å². The van der Waals surface area contributed by atoms with E-state index in [0.717, 1.165) is 5.46 Å². The zero-order chi connectivity index (χ0) is 7.56. The third kappa shape index (κ3) is 1.94. The monoisotopic (exact) mass is 172 g/mol. The minimum absolute atomic E-state index is 0.665. The Labute approximate surface area is 70.4 Å². The average molecular weight is 172 g/mol. The normalized spacial score (nSPS) is 9.50. The van der Waals surface area contributed by atoms with E-state index in [9.17, 15) is 0 Å². The van der Waals surface area contributed by atoms with E-state index in [0.29, 0.717) is 5.02 Å². The largest absolute Gasteiger partial charge is 0.438 e. The van der Waals surface area contributed by atoms with Crippen LogP contribution in [0.3, 0.4) is 0 Å².